The maximum Gasteiger partial charge on any atom is 0.315 e. The third kappa shape index (κ3) is 3.04. The van der Waals surface area contributed by atoms with Crippen LogP contribution in [0.1, 0.15) is 22.4 Å². The van der Waals surface area contributed by atoms with Gasteiger partial charge in [-0.25, -0.2) is 9.97 Å². The van der Waals surface area contributed by atoms with Gasteiger partial charge >= 0.3 is 5.69 Å². The molecule has 0 atom stereocenters. The number of hydrogen-bond donors (Lipinski definition) is 2. The summed E-state index contributed by atoms with van der Waals surface area (Å²) in [6, 6.07) is 2.69. The number of thiophene rings is 1. The van der Waals surface area contributed by atoms with E-state index in [1.807, 2.05) is 0 Å². The molecule has 3 aromatic rings. The Morgan fingerprint density at radius 3 is 3.04 bits per heavy atom. The Kier molecular flexibility index (Phi) is 4.32. The zero-order valence-corrected chi connectivity index (χ0v) is 15.1. The number of aromatic nitrogens is 2. The number of ether oxygens (including phenoxy) is 1. The average molecular weight is 385 g/mol. The molecule has 27 heavy (non-hydrogen) atoms. The lowest BCUT2D eigenvalue weighted by molar-refractivity contribution is -0.386. The molecule has 0 spiro atoms. The molecule has 10 heteroatoms. The Hall–Kier alpha value is -3.27. The molecule has 4 rings (SSSR count). The number of methoxy groups -OCH3 is 1. The van der Waals surface area contributed by atoms with Gasteiger partial charge in [0.05, 0.1) is 23.6 Å². The molecule has 1 aliphatic carbocycles. The zero-order valence-electron chi connectivity index (χ0n) is 14.3. The highest BCUT2D eigenvalue weighted by Gasteiger charge is 2.21. The van der Waals surface area contributed by atoms with Crippen LogP contribution in [0.5, 0.6) is 11.5 Å². The minimum atomic E-state index is -0.675. The number of hydrazone groups is 1. The van der Waals surface area contributed by atoms with Gasteiger partial charge in [-0.2, -0.15) is 5.10 Å². The van der Waals surface area contributed by atoms with E-state index in [0.717, 1.165) is 29.5 Å². The van der Waals surface area contributed by atoms with Crippen LogP contribution in [-0.2, 0) is 12.8 Å². The van der Waals surface area contributed by atoms with Crippen molar-refractivity contribution in [2.24, 2.45) is 5.10 Å². The molecule has 0 bridgehead atoms. The van der Waals surface area contributed by atoms with Crippen molar-refractivity contribution in [3.63, 3.8) is 0 Å². The molecule has 0 saturated carbocycles. The van der Waals surface area contributed by atoms with Crippen molar-refractivity contribution in [3.8, 4) is 11.5 Å². The molecular weight excluding hydrogens is 370 g/mol. The van der Waals surface area contributed by atoms with E-state index in [0.29, 0.717) is 11.4 Å². The predicted octanol–water partition coefficient (Wildman–Crippen LogP) is 3.25. The van der Waals surface area contributed by atoms with Gasteiger partial charge in [-0.05, 0) is 30.9 Å². The van der Waals surface area contributed by atoms with E-state index >= 15 is 0 Å². The van der Waals surface area contributed by atoms with Crippen LogP contribution < -0.4 is 10.2 Å². The Bertz CT molecular complexity index is 1080. The molecule has 0 saturated heterocycles. The zero-order chi connectivity index (χ0) is 19.0. The Balaban J connectivity index is 1.65. The van der Waals surface area contributed by atoms with Crippen LogP contribution in [0.3, 0.4) is 0 Å². The van der Waals surface area contributed by atoms with Gasteiger partial charge in [0.15, 0.2) is 11.6 Å². The Morgan fingerprint density at radius 2 is 2.26 bits per heavy atom. The summed E-state index contributed by atoms with van der Waals surface area (Å²) in [5.74, 6) is 0.0978. The van der Waals surface area contributed by atoms with Crippen LogP contribution in [0.25, 0.3) is 10.2 Å². The van der Waals surface area contributed by atoms with E-state index < -0.39 is 16.4 Å². The molecule has 0 unspecified atom stereocenters. The number of nitrogens with one attached hydrogen (secondary N) is 1. The number of benzene rings is 1. The number of hydrogen-bond acceptors (Lipinski definition) is 9. The minimum Gasteiger partial charge on any atom is -0.500 e. The van der Waals surface area contributed by atoms with Crippen LogP contribution in [0, 0.1) is 10.1 Å². The lowest BCUT2D eigenvalue weighted by Gasteiger charge is -2.05. The van der Waals surface area contributed by atoms with Gasteiger partial charge in [0.2, 0.25) is 5.75 Å². The van der Waals surface area contributed by atoms with Crippen LogP contribution >= 0.6 is 11.3 Å². The van der Waals surface area contributed by atoms with E-state index in [-0.39, 0.29) is 5.75 Å². The number of phenolic OH excluding ortho intramolecular Hbond substituents is 1. The number of nitrogens with zero attached hydrogens (tertiary/aromatic N) is 4. The summed E-state index contributed by atoms with van der Waals surface area (Å²) in [5.41, 5.74) is 4.14. The molecule has 1 aromatic carbocycles. The van der Waals surface area contributed by atoms with Crippen LogP contribution in [-0.4, -0.2) is 33.3 Å². The van der Waals surface area contributed by atoms with Crippen LogP contribution in [0.15, 0.2) is 23.6 Å². The largest absolute Gasteiger partial charge is 0.500 e. The van der Waals surface area contributed by atoms with Gasteiger partial charge in [-0.15, -0.1) is 11.3 Å². The second-order valence-electron chi connectivity index (χ2n) is 5.98. The van der Waals surface area contributed by atoms with Crippen molar-refractivity contribution >= 4 is 39.3 Å². The molecule has 0 amide bonds. The highest BCUT2D eigenvalue weighted by Crippen LogP contribution is 2.39. The third-order valence-corrected chi connectivity index (χ3v) is 5.58. The number of aryl methyl sites for hydroxylation is 2. The maximum atomic E-state index is 11.1. The van der Waals surface area contributed by atoms with Crippen molar-refractivity contribution in [3.05, 3.63) is 44.6 Å². The van der Waals surface area contributed by atoms with Gasteiger partial charge in [0.1, 0.15) is 11.2 Å². The number of rotatable bonds is 5. The Labute approximate surface area is 157 Å². The van der Waals surface area contributed by atoms with Crippen molar-refractivity contribution < 1.29 is 14.8 Å². The summed E-state index contributed by atoms with van der Waals surface area (Å²) >= 11 is 1.68. The molecular formula is C17H15N5O4S. The number of nitro groups is 1. The predicted molar refractivity (Wildman–Crippen MR) is 102 cm³/mol. The van der Waals surface area contributed by atoms with Gasteiger partial charge < -0.3 is 9.84 Å². The second kappa shape index (κ2) is 6.80. The number of nitro benzene ring substituents is 1. The van der Waals surface area contributed by atoms with E-state index in [2.05, 4.69) is 20.5 Å². The topological polar surface area (TPSA) is 123 Å². The van der Waals surface area contributed by atoms with Gasteiger partial charge in [-0.1, -0.05) is 0 Å². The molecule has 2 N–H and O–H groups in total. The molecule has 2 heterocycles. The first-order valence-electron chi connectivity index (χ1n) is 8.18. The van der Waals surface area contributed by atoms with Gasteiger partial charge in [0, 0.05) is 16.5 Å². The fourth-order valence-electron chi connectivity index (χ4n) is 3.16. The molecule has 2 aromatic heterocycles. The molecule has 1 aliphatic rings. The lowest BCUT2D eigenvalue weighted by Crippen LogP contribution is -1.98. The van der Waals surface area contributed by atoms with Gasteiger partial charge in [0.25, 0.3) is 0 Å². The summed E-state index contributed by atoms with van der Waals surface area (Å²) in [6.07, 6.45) is 6.10. The van der Waals surface area contributed by atoms with Crippen molar-refractivity contribution in [2.75, 3.05) is 12.5 Å². The summed E-state index contributed by atoms with van der Waals surface area (Å²) in [6.45, 7) is 0. The molecule has 138 valence electrons. The smallest absolute Gasteiger partial charge is 0.315 e. The highest BCUT2D eigenvalue weighted by atomic mass is 32.1. The quantitative estimate of drug-likeness (QED) is 0.392. The normalized spacial score (nSPS) is 13.2. The van der Waals surface area contributed by atoms with Crippen molar-refractivity contribution in [1.82, 2.24) is 9.97 Å². The second-order valence-corrected chi connectivity index (χ2v) is 7.06. The van der Waals surface area contributed by atoms with E-state index in [1.54, 1.807) is 11.3 Å². The summed E-state index contributed by atoms with van der Waals surface area (Å²) < 4.78 is 4.98. The number of fused-ring (bicyclic) bond motifs is 3. The summed E-state index contributed by atoms with van der Waals surface area (Å²) in [5, 5.41) is 26.0. The monoisotopic (exact) mass is 385 g/mol. The first-order valence-corrected chi connectivity index (χ1v) is 9.00. The number of anilines is 1. The first kappa shape index (κ1) is 17.2. The fraction of sp³-hybridized carbons (Fsp3) is 0.235. The molecule has 0 fully saturated rings. The summed E-state index contributed by atoms with van der Waals surface area (Å²) in [4.78, 5) is 21.3. The van der Waals surface area contributed by atoms with Crippen molar-refractivity contribution in [1.29, 1.82) is 0 Å². The highest BCUT2D eigenvalue weighted by molar-refractivity contribution is 7.19. The first-order chi connectivity index (χ1) is 13.1. The Morgan fingerprint density at radius 1 is 1.41 bits per heavy atom. The maximum absolute atomic E-state index is 11.1. The molecule has 0 aliphatic heterocycles. The van der Waals surface area contributed by atoms with E-state index in [4.69, 9.17) is 4.74 Å². The van der Waals surface area contributed by atoms with E-state index in [1.165, 1.54) is 42.2 Å². The standard InChI is InChI=1S/C17H15N5O4S/c1-26-12-6-9(5-11(15(12)23)22(24)25)7-20-21-16-14-10-3-2-4-13(10)27-17(14)19-8-18-16/h5-8,23H,2-4H2,1H3,(H,18,19,21)/b20-7+. The van der Waals surface area contributed by atoms with Gasteiger partial charge in [-0.3, -0.25) is 15.5 Å². The van der Waals surface area contributed by atoms with Crippen molar-refractivity contribution in [2.45, 2.75) is 19.3 Å². The average Bonchev–Trinajstić information content (AvgIpc) is 3.23. The summed E-state index contributed by atoms with van der Waals surface area (Å²) in [7, 11) is 1.33. The molecule has 9 nitrogen and oxygen atoms in total. The van der Waals surface area contributed by atoms with Crippen LogP contribution in [0.4, 0.5) is 11.5 Å². The molecule has 0 radical (unpaired) electrons. The number of phenols is 1. The van der Waals surface area contributed by atoms with Crippen LogP contribution in [0.2, 0.25) is 0 Å². The minimum absolute atomic E-state index is 0.00531. The fourth-order valence-corrected chi connectivity index (χ4v) is 4.39. The number of aromatic hydroxyl groups is 1. The SMILES string of the molecule is COc1cc(/C=N/Nc2ncnc3sc4c(c23)CCC4)cc([N+](=O)[O-])c1O. The third-order valence-electron chi connectivity index (χ3n) is 4.38. The van der Waals surface area contributed by atoms with E-state index in [9.17, 15) is 15.2 Å². The lowest BCUT2D eigenvalue weighted by atomic mass is 10.2.